The summed E-state index contributed by atoms with van der Waals surface area (Å²) in [4.78, 5) is 0. The maximum absolute atomic E-state index is 5.86. The smallest absolute Gasteiger partial charge is 0.120 e. The molecule has 1 aliphatic rings. The van der Waals surface area contributed by atoms with E-state index in [9.17, 15) is 0 Å². The molecule has 1 heteroatoms. The highest BCUT2D eigenvalue weighted by Gasteiger charge is 2.01. The zero-order valence-electron chi connectivity index (χ0n) is 11.2. The van der Waals surface area contributed by atoms with Crippen LogP contribution in [0, 0.1) is 6.92 Å². The molecule has 96 valence electrons. The molecule has 19 heavy (non-hydrogen) atoms. The predicted molar refractivity (Wildman–Crippen MR) is 80.6 cm³/mol. The van der Waals surface area contributed by atoms with Gasteiger partial charge in [-0.2, -0.15) is 0 Å². The van der Waals surface area contributed by atoms with Gasteiger partial charge in [0.15, 0.2) is 0 Å². The summed E-state index contributed by atoms with van der Waals surface area (Å²) in [5.74, 6) is 0.941. The lowest BCUT2D eigenvalue weighted by Crippen LogP contribution is -2.01. The largest absolute Gasteiger partial charge is 0.489 e. The van der Waals surface area contributed by atoms with Crippen molar-refractivity contribution in [2.45, 2.75) is 19.8 Å². The molecule has 0 unspecified atom stereocenters. The minimum absolute atomic E-state index is 0.661. The number of rotatable bonds is 3. The van der Waals surface area contributed by atoms with Crippen LogP contribution >= 0.6 is 0 Å². The molecular weight excluding hydrogens is 232 g/mol. The van der Waals surface area contributed by atoms with Crippen molar-refractivity contribution in [3.05, 3.63) is 65.8 Å². The Morgan fingerprint density at radius 3 is 2.68 bits per heavy atom. The van der Waals surface area contributed by atoms with Crippen LogP contribution in [0.25, 0.3) is 10.8 Å². The fraction of sp³-hybridized carbons (Fsp3) is 0.222. The molecule has 0 aliphatic heterocycles. The molecule has 0 N–H and O–H groups in total. The predicted octanol–water partition coefficient (Wildman–Crippen LogP) is 4.80. The summed E-state index contributed by atoms with van der Waals surface area (Å²) in [6.45, 7) is 2.78. The average Bonchev–Trinajstić information content (AvgIpc) is 2.46. The fourth-order valence-electron chi connectivity index (χ4n) is 2.37. The summed E-state index contributed by atoms with van der Waals surface area (Å²) in [6.07, 6.45) is 8.91. The lowest BCUT2D eigenvalue weighted by Gasteiger charge is -2.10. The van der Waals surface area contributed by atoms with Crippen LogP contribution in [-0.2, 0) is 0 Å². The topological polar surface area (TPSA) is 9.23 Å². The van der Waals surface area contributed by atoms with E-state index in [0.29, 0.717) is 6.61 Å². The van der Waals surface area contributed by atoms with Crippen LogP contribution in [0.1, 0.15) is 18.4 Å². The minimum Gasteiger partial charge on any atom is -0.489 e. The highest BCUT2D eigenvalue weighted by Crippen LogP contribution is 2.22. The maximum atomic E-state index is 5.86. The molecule has 1 nitrogen and oxygen atoms in total. The molecule has 3 rings (SSSR count). The first-order valence-corrected chi connectivity index (χ1v) is 6.80. The number of ether oxygens (including phenoxy) is 1. The van der Waals surface area contributed by atoms with Crippen LogP contribution in [0.15, 0.2) is 60.2 Å². The van der Waals surface area contributed by atoms with E-state index in [1.165, 1.54) is 21.9 Å². The second kappa shape index (κ2) is 5.31. The van der Waals surface area contributed by atoms with E-state index in [1.807, 2.05) is 0 Å². The molecule has 2 aromatic carbocycles. The zero-order chi connectivity index (χ0) is 13.1. The van der Waals surface area contributed by atoms with Gasteiger partial charge in [0.2, 0.25) is 0 Å². The zero-order valence-corrected chi connectivity index (χ0v) is 11.2. The van der Waals surface area contributed by atoms with E-state index in [4.69, 9.17) is 4.74 Å². The van der Waals surface area contributed by atoms with Gasteiger partial charge in [-0.1, -0.05) is 48.1 Å². The van der Waals surface area contributed by atoms with Crippen molar-refractivity contribution in [3.63, 3.8) is 0 Å². The van der Waals surface area contributed by atoms with Crippen LogP contribution in [0.2, 0.25) is 0 Å². The van der Waals surface area contributed by atoms with Gasteiger partial charge in [0.25, 0.3) is 0 Å². The number of benzene rings is 2. The van der Waals surface area contributed by atoms with Crippen LogP contribution in [0.4, 0.5) is 0 Å². The monoisotopic (exact) mass is 250 g/mol. The standard InChI is InChI=1S/C18H18O/c1-14-7-8-17-12-18(10-9-16(17)11-14)19-13-15-5-3-2-4-6-15/h3,5-12H,2,4,13H2,1H3. The van der Waals surface area contributed by atoms with Crippen LogP contribution in [0.3, 0.4) is 0 Å². The summed E-state index contributed by atoms with van der Waals surface area (Å²) in [7, 11) is 0. The molecule has 0 radical (unpaired) electrons. The Labute approximate surface area is 114 Å². The number of fused-ring (bicyclic) bond motifs is 1. The number of aryl methyl sites for hydroxylation is 1. The first-order chi connectivity index (χ1) is 9.31. The van der Waals surface area contributed by atoms with Crippen molar-refractivity contribution in [2.75, 3.05) is 6.61 Å². The second-order valence-corrected chi connectivity index (χ2v) is 5.06. The Kier molecular flexibility index (Phi) is 3.37. The van der Waals surface area contributed by atoms with E-state index in [0.717, 1.165) is 18.6 Å². The van der Waals surface area contributed by atoms with Gasteiger partial charge in [-0.3, -0.25) is 0 Å². The third-order valence-corrected chi connectivity index (χ3v) is 3.44. The van der Waals surface area contributed by atoms with Crippen molar-refractivity contribution in [2.24, 2.45) is 0 Å². The first-order valence-electron chi connectivity index (χ1n) is 6.80. The molecule has 0 bridgehead atoms. The highest BCUT2D eigenvalue weighted by atomic mass is 16.5. The van der Waals surface area contributed by atoms with Gasteiger partial charge < -0.3 is 4.74 Å². The third kappa shape index (κ3) is 2.87. The Morgan fingerprint density at radius 1 is 1.00 bits per heavy atom. The molecule has 0 fully saturated rings. The molecule has 1 aliphatic carbocycles. The van der Waals surface area contributed by atoms with Crippen molar-refractivity contribution >= 4 is 10.8 Å². The first kappa shape index (κ1) is 12.0. The van der Waals surface area contributed by atoms with Gasteiger partial charge in [0, 0.05) is 0 Å². The van der Waals surface area contributed by atoms with E-state index in [1.54, 1.807) is 0 Å². The van der Waals surface area contributed by atoms with Crippen LogP contribution in [-0.4, -0.2) is 6.61 Å². The summed E-state index contributed by atoms with van der Waals surface area (Å²) >= 11 is 0. The van der Waals surface area contributed by atoms with Gasteiger partial charge in [0.1, 0.15) is 12.4 Å². The number of hydrogen-bond donors (Lipinski definition) is 0. The minimum atomic E-state index is 0.661. The number of allylic oxidation sites excluding steroid dienone is 2. The molecule has 0 heterocycles. The molecular formula is C18H18O. The van der Waals surface area contributed by atoms with Crippen molar-refractivity contribution in [3.8, 4) is 5.75 Å². The highest BCUT2D eigenvalue weighted by molar-refractivity contribution is 5.84. The van der Waals surface area contributed by atoms with Gasteiger partial charge >= 0.3 is 0 Å². The van der Waals surface area contributed by atoms with Gasteiger partial charge in [-0.15, -0.1) is 0 Å². The van der Waals surface area contributed by atoms with Crippen molar-refractivity contribution in [1.29, 1.82) is 0 Å². The van der Waals surface area contributed by atoms with Crippen molar-refractivity contribution < 1.29 is 4.74 Å². The summed E-state index contributed by atoms with van der Waals surface area (Å²) in [5, 5.41) is 2.50. The lowest BCUT2D eigenvalue weighted by atomic mass is 10.1. The Bertz CT molecular complexity index is 650. The average molecular weight is 250 g/mol. The van der Waals surface area contributed by atoms with E-state index in [-0.39, 0.29) is 0 Å². The maximum Gasteiger partial charge on any atom is 0.120 e. The molecule has 0 atom stereocenters. The fourth-order valence-corrected chi connectivity index (χ4v) is 2.37. The van der Waals surface area contributed by atoms with Crippen LogP contribution in [0.5, 0.6) is 5.75 Å². The normalized spacial score (nSPS) is 14.5. The molecule has 2 aromatic rings. The van der Waals surface area contributed by atoms with Crippen LogP contribution < -0.4 is 4.74 Å². The molecule has 0 aromatic heterocycles. The quantitative estimate of drug-likeness (QED) is 0.760. The summed E-state index contributed by atoms with van der Waals surface area (Å²) in [6, 6.07) is 12.8. The van der Waals surface area contributed by atoms with Crippen molar-refractivity contribution in [1.82, 2.24) is 0 Å². The molecule has 0 spiro atoms. The van der Waals surface area contributed by atoms with E-state index in [2.05, 4.69) is 61.5 Å². The molecule has 0 amide bonds. The lowest BCUT2D eigenvalue weighted by molar-refractivity contribution is 0.355. The summed E-state index contributed by atoms with van der Waals surface area (Å²) < 4.78 is 5.86. The third-order valence-electron chi connectivity index (χ3n) is 3.44. The Hall–Kier alpha value is -2.02. The van der Waals surface area contributed by atoms with E-state index >= 15 is 0 Å². The van der Waals surface area contributed by atoms with Gasteiger partial charge in [-0.25, -0.2) is 0 Å². The van der Waals surface area contributed by atoms with Gasteiger partial charge in [-0.05, 0) is 48.2 Å². The Balaban J connectivity index is 1.76. The molecule has 0 saturated carbocycles. The summed E-state index contributed by atoms with van der Waals surface area (Å²) in [5.41, 5.74) is 2.56. The van der Waals surface area contributed by atoms with E-state index < -0.39 is 0 Å². The number of hydrogen-bond acceptors (Lipinski definition) is 1. The molecule has 0 saturated heterocycles. The second-order valence-electron chi connectivity index (χ2n) is 5.06. The Morgan fingerprint density at radius 2 is 1.84 bits per heavy atom. The SMILES string of the molecule is Cc1ccc2cc(OCC3=CCCC=C3)ccc2c1. The van der Waals surface area contributed by atoms with Gasteiger partial charge in [0.05, 0.1) is 0 Å².